The molecule has 0 aromatic carbocycles. The number of aromatic nitrogens is 1. The summed E-state index contributed by atoms with van der Waals surface area (Å²) in [4.78, 5) is 12.3. The fourth-order valence-electron chi connectivity index (χ4n) is 3.78. The molecule has 3 N–H and O–H groups in total. The van der Waals surface area contributed by atoms with Crippen molar-refractivity contribution in [2.75, 3.05) is 0 Å². The molecule has 2 saturated carbocycles. The van der Waals surface area contributed by atoms with Gasteiger partial charge in [0.2, 0.25) is 0 Å². The fraction of sp³-hybridized carbons (Fsp3) is 0.571. The topological polar surface area (TPSA) is 80.6 Å². The van der Waals surface area contributed by atoms with Gasteiger partial charge in [-0.25, -0.2) is 0 Å². The van der Waals surface area contributed by atoms with Gasteiger partial charge in [0, 0.05) is 12.7 Å². The van der Waals surface area contributed by atoms with Gasteiger partial charge in [0.25, 0.3) is 5.56 Å². The number of hydrogen-bond acceptors (Lipinski definition) is 3. The number of oxime groups is 1. The highest BCUT2D eigenvalue weighted by molar-refractivity contribution is 5.96. The van der Waals surface area contributed by atoms with Gasteiger partial charge in [0.05, 0.1) is 5.56 Å². The molecule has 3 atom stereocenters. The number of rotatable bonds is 3. The van der Waals surface area contributed by atoms with Gasteiger partial charge in [0.15, 0.2) is 5.84 Å². The molecule has 2 fully saturated rings. The molecule has 0 amide bonds. The lowest BCUT2D eigenvalue weighted by Gasteiger charge is -2.22. The van der Waals surface area contributed by atoms with Gasteiger partial charge >= 0.3 is 0 Å². The minimum atomic E-state index is -0.166. The molecule has 5 nitrogen and oxygen atoms in total. The average molecular weight is 261 g/mol. The molecule has 102 valence electrons. The molecule has 1 aromatic heterocycles. The van der Waals surface area contributed by atoms with Gasteiger partial charge in [-0.2, -0.15) is 0 Å². The predicted molar refractivity (Wildman–Crippen MR) is 72.2 cm³/mol. The van der Waals surface area contributed by atoms with Crippen molar-refractivity contribution in [2.45, 2.75) is 32.2 Å². The van der Waals surface area contributed by atoms with E-state index in [9.17, 15) is 4.79 Å². The highest BCUT2D eigenvalue weighted by atomic mass is 16.4. The van der Waals surface area contributed by atoms with Crippen LogP contribution in [0.1, 0.15) is 31.2 Å². The Labute approximate surface area is 111 Å². The molecular formula is C14H19N3O2. The van der Waals surface area contributed by atoms with E-state index in [0.717, 1.165) is 18.4 Å². The highest BCUT2D eigenvalue weighted by Crippen LogP contribution is 2.48. The van der Waals surface area contributed by atoms with Gasteiger partial charge in [-0.15, -0.1) is 0 Å². The standard InChI is InChI=1S/C14H19N3O2/c15-13(16-19)12-2-1-5-17(14(12)18)8-11-7-9-3-4-10(11)6-9/h1-2,5,9-11,19H,3-4,6-8H2,(H2,15,16). The van der Waals surface area contributed by atoms with Gasteiger partial charge in [-0.1, -0.05) is 11.6 Å². The van der Waals surface area contributed by atoms with Crippen LogP contribution < -0.4 is 11.3 Å². The molecule has 0 aliphatic heterocycles. The van der Waals surface area contributed by atoms with E-state index in [1.54, 1.807) is 22.9 Å². The zero-order valence-corrected chi connectivity index (χ0v) is 10.8. The summed E-state index contributed by atoms with van der Waals surface area (Å²) in [5.74, 6) is 2.15. The zero-order chi connectivity index (χ0) is 13.4. The van der Waals surface area contributed by atoms with Gasteiger partial charge < -0.3 is 15.5 Å². The molecule has 19 heavy (non-hydrogen) atoms. The van der Waals surface area contributed by atoms with Crippen LogP contribution in [0, 0.1) is 17.8 Å². The molecular weight excluding hydrogens is 242 g/mol. The summed E-state index contributed by atoms with van der Waals surface area (Å²) in [6.45, 7) is 0.756. The Kier molecular flexibility index (Phi) is 3.05. The van der Waals surface area contributed by atoms with Crippen molar-refractivity contribution in [3.8, 4) is 0 Å². The van der Waals surface area contributed by atoms with E-state index in [2.05, 4.69) is 5.16 Å². The third-order valence-corrected chi connectivity index (χ3v) is 4.72. The lowest BCUT2D eigenvalue weighted by molar-refractivity contribution is 0.292. The lowest BCUT2D eigenvalue weighted by atomic mass is 9.89. The van der Waals surface area contributed by atoms with Crippen LogP contribution in [0.5, 0.6) is 0 Å². The Morgan fingerprint density at radius 2 is 2.32 bits per heavy atom. The minimum Gasteiger partial charge on any atom is -0.409 e. The summed E-state index contributed by atoms with van der Waals surface area (Å²) >= 11 is 0. The first-order valence-electron chi connectivity index (χ1n) is 6.86. The van der Waals surface area contributed by atoms with Crippen molar-refractivity contribution in [3.05, 3.63) is 34.2 Å². The molecule has 2 bridgehead atoms. The molecule has 1 aromatic rings. The predicted octanol–water partition coefficient (Wildman–Crippen LogP) is 1.38. The highest BCUT2D eigenvalue weighted by Gasteiger charge is 2.39. The van der Waals surface area contributed by atoms with Crippen molar-refractivity contribution in [3.63, 3.8) is 0 Å². The van der Waals surface area contributed by atoms with E-state index in [0.29, 0.717) is 5.92 Å². The monoisotopic (exact) mass is 261 g/mol. The molecule has 1 heterocycles. The molecule has 0 radical (unpaired) electrons. The maximum absolute atomic E-state index is 12.3. The van der Waals surface area contributed by atoms with Crippen LogP contribution in [0.2, 0.25) is 0 Å². The largest absolute Gasteiger partial charge is 0.409 e. The molecule has 3 rings (SSSR count). The minimum absolute atomic E-state index is 0.118. The number of nitrogens with two attached hydrogens (primary N) is 1. The summed E-state index contributed by atoms with van der Waals surface area (Å²) < 4.78 is 1.71. The van der Waals surface area contributed by atoms with E-state index in [-0.39, 0.29) is 17.0 Å². The SMILES string of the molecule is N/C(=N/O)c1cccn(CC2CC3CCC2C3)c1=O. The summed E-state index contributed by atoms with van der Waals surface area (Å²) in [5, 5.41) is 11.6. The normalized spacial score (nSPS) is 29.9. The van der Waals surface area contributed by atoms with Crippen LogP contribution in [-0.4, -0.2) is 15.6 Å². The summed E-state index contributed by atoms with van der Waals surface area (Å²) in [7, 11) is 0. The van der Waals surface area contributed by atoms with Gasteiger partial charge in [-0.05, 0) is 49.1 Å². The fourth-order valence-corrected chi connectivity index (χ4v) is 3.78. The van der Waals surface area contributed by atoms with Crippen molar-refractivity contribution in [1.82, 2.24) is 4.57 Å². The van der Waals surface area contributed by atoms with Gasteiger partial charge in [-0.3, -0.25) is 4.79 Å². The third-order valence-electron chi connectivity index (χ3n) is 4.72. The number of nitrogens with zero attached hydrogens (tertiary/aromatic N) is 2. The third kappa shape index (κ3) is 2.13. The Morgan fingerprint density at radius 3 is 2.95 bits per heavy atom. The van der Waals surface area contributed by atoms with E-state index < -0.39 is 0 Å². The van der Waals surface area contributed by atoms with Crippen LogP contribution in [0.15, 0.2) is 28.3 Å². The molecule has 2 aliphatic carbocycles. The Morgan fingerprint density at radius 1 is 1.47 bits per heavy atom. The van der Waals surface area contributed by atoms with Crippen molar-refractivity contribution in [1.29, 1.82) is 0 Å². The van der Waals surface area contributed by atoms with E-state index in [4.69, 9.17) is 10.9 Å². The Bertz CT molecular complexity index is 564. The molecule has 3 unspecified atom stereocenters. The van der Waals surface area contributed by atoms with E-state index in [1.807, 2.05) is 0 Å². The van der Waals surface area contributed by atoms with Crippen LogP contribution in [0.25, 0.3) is 0 Å². The van der Waals surface area contributed by atoms with Gasteiger partial charge in [0.1, 0.15) is 0 Å². The number of hydrogen-bond donors (Lipinski definition) is 2. The van der Waals surface area contributed by atoms with Crippen LogP contribution in [-0.2, 0) is 6.54 Å². The molecule has 0 saturated heterocycles. The first-order chi connectivity index (χ1) is 9.19. The van der Waals surface area contributed by atoms with Crippen LogP contribution in [0.3, 0.4) is 0 Å². The maximum atomic E-state index is 12.3. The number of amidine groups is 1. The second-order valence-corrected chi connectivity index (χ2v) is 5.80. The first kappa shape index (κ1) is 12.3. The van der Waals surface area contributed by atoms with E-state index >= 15 is 0 Å². The van der Waals surface area contributed by atoms with Crippen LogP contribution in [0.4, 0.5) is 0 Å². The Hall–Kier alpha value is -1.78. The zero-order valence-electron chi connectivity index (χ0n) is 10.8. The summed E-state index contributed by atoms with van der Waals surface area (Å²) in [5.41, 5.74) is 5.62. The van der Waals surface area contributed by atoms with Crippen molar-refractivity contribution < 1.29 is 5.21 Å². The summed E-state index contributed by atoms with van der Waals surface area (Å²) in [6, 6.07) is 3.37. The van der Waals surface area contributed by atoms with Crippen LogP contribution >= 0.6 is 0 Å². The van der Waals surface area contributed by atoms with Crippen molar-refractivity contribution in [2.24, 2.45) is 28.6 Å². The second kappa shape index (κ2) is 4.72. The van der Waals surface area contributed by atoms with Crippen molar-refractivity contribution >= 4 is 5.84 Å². The average Bonchev–Trinajstić information content (AvgIpc) is 3.02. The van der Waals surface area contributed by atoms with E-state index in [1.165, 1.54) is 25.7 Å². The second-order valence-electron chi connectivity index (χ2n) is 5.80. The maximum Gasteiger partial charge on any atom is 0.261 e. The molecule has 5 heteroatoms. The summed E-state index contributed by atoms with van der Waals surface area (Å²) in [6.07, 6.45) is 7.04. The Balaban J connectivity index is 1.84. The smallest absolute Gasteiger partial charge is 0.261 e. The number of fused-ring (bicyclic) bond motifs is 2. The molecule has 0 spiro atoms. The lowest BCUT2D eigenvalue weighted by Crippen LogP contribution is -2.32. The first-order valence-corrected chi connectivity index (χ1v) is 6.86. The molecule has 2 aliphatic rings. The number of pyridine rings is 1. The quantitative estimate of drug-likeness (QED) is 0.373.